The van der Waals surface area contributed by atoms with Crippen molar-refractivity contribution >= 4 is 40.7 Å². The van der Waals surface area contributed by atoms with Gasteiger partial charge in [0.25, 0.3) is 0 Å². The molecule has 2 N–H and O–H groups in total. The second-order valence-electron chi connectivity index (χ2n) is 9.65. The van der Waals surface area contributed by atoms with Crippen LogP contribution in [0.25, 0.3) is 0 Å². The summed E-state index contributed by atoms with van der Waals surface area (Å²) in [5, 5.41) is 7.94. The summed E-state index contributed by atoms with van der Waals surface area (Å²) in [6, 6.07) is 19.8. The molecule has 2 aliphatic rings. The van der Waals surface area contributed by atoms with Crippen LogP contribution in [0.2, 0.25) is 5.02 Å². The summed E-state index contributed by atoms with van der Waals surface area (Å²) in [5.74, 6) is 2.52. The number of ether oxygens (including phenoxy) is 1. The van der Waals surface area contributed by atoms with E-state index in [-0.39, 0.29) is 5.41 Å². The first-order valence-corrected chi connectivity index (χ1v) is 13.6. The van der Waals surface area contributed by atoms with Gasteiger partial charge >= 0.3 is 0 Å². The first-order valence-electron chi connectivity index (χ1n) is 12.8. The summed E-state index contributed by atoms with van der Waals surface area (Å²) in [7, 11) is 0. The monoisotopic (exact) mass is 521 g/mol. The van der Waals surface area contributed by atoms with Crippen LogP contribution >= 0.6 is 23.8 Å². The molecule has 0 bridgehead atoms. The van der Waals surface area contributed by atoms with Crippen molar-refractivity contribution < 1.29 is 4.74 Å². The summed E-state index contributed by atoms with van der Waals surface area (Å²) in [4.78, 5) is 11.7. The number of halogens is 1. The maximum atomic E-state index is 6.14. The Morgan fingerprint density at radius 2 is 1.67 bits per heavy atom. The Morgan fingerprint density at radius 3 is 2.39 bits per heavy atom. The zero-order valence-corrected chi connectivity index (χ0v) is 22.0. The maximum Gasteiger partial charge on any atom is 0.234 e. The van der Waals surface area contributed by atoms with Gasteiger partial charge in [0.1, 0.15) is 11.6 Å². The Morgan fingerprint density at radius 1 is 0.944 bits per heavy atom. The molecule has 3 aromatic rings. The van der Waals surface area contributed by atoms with Gasteiger partial charge in [-0.3, -0.25) is 0 Å². The highest BCUT2D eigenvalue weighted by atomic mass is 35.5. The van der Waals surface area contributed by atoms with Gasteiger partial charge in [0.15, 0.2) is 5.11 Å². The van der Waals surface area contributed by atoms with Crippen molar-refractivity contribution in [1.82, 2.24) is 15.3 Å². The number of benzene rings is 2. The molecule has 0 spiro atoms. The maximum absolute atomic E-state index is 6.14. The fourth-order valence-corrected chi connectivity index (χ4v) is 5.52. The standard InChI is InChI=1S/C28H32ClN5OS/c29-22-13-11-21(12-14-22)28(15-5-6-16-28)20-30-27(36)33-26-31-24(34-17-7-2-8-18-34)19-25(32-26)35-23-9-3-1-4-10-23/h1,3-4,9-14,19H,2,5-8,15-18,20H2,(H2,30,31,32,33,36). The molecule has 2 fully saturated rings. The van der Waals surface area contributed by atoms with Crippen LogP contribution in [0, 0.1) is 0 Å². The summed E-state index contributed by atoms with van der Waals surface area (Å²) in [6.07, 6.45) is 8.25. The molecule has 6 nitrogen and oxygen atoms in total. The lowest BCUT2D eigenvalue weighted by Gasteiger charge is -2.31. The molecule has 188 valence electrons. The molecule has 0 radical (unpaired) electrons. The number of nitrogens with zero attached hydrogens (tertiary/aromatic N) is 3. The molecule has 0 atom stereocenters. The molecule has 1 aromatic heterocycles. The number of piperidine rings is 1. The topological polar surface area (TPSA) is 62.3 Å². The molecular formula is C28H32ClN5OS. The normalized spacial score (nSPS) is 17.0. The van der Waals surface area contributed by atoms with Gasteiger partial charge in [0.2, 0.25) is 11.8 Å². The van der Waals surface area contributed by atoms with E-state index in [1.807, 2.05) is 48.5 Å². The van der Waals surface area contributed by atoms with Crippen LogP contribution in [-0.4, -0.2) is 34.7 Å². The van der Waals surface area contributed by atoms with Crippen molar-refractivity contribution in [2.75, 3.05) is 29.9 Å². The minimum absolute atomic E-state index is 0.0500. The summed E-state index contributed by atoms with van der Waals surface area (Å²) < 4.78 is 6.06. The third kappa shape index (κ3) is 6.08. The molecule has 2 heterocycles. The Labute approximate surface area is 223 Å². The Bertz CT molecular complexity index is 1160. The van der Waals surface area contributed by atoms with E-state index in [0.29, 0.717) is 16.9 Å². The largest absolute Gasteiger partial charge is 0.439 e. The molecule has 0 unspecified atom stereocenters. The van der Waals surface area contributed by atoms with Crippen molar-refractivity contribution in [2.45, 2.75) is 50.4 Å². The summed E-state index contributed by atoms with van der Waals surface area (Å²) in [5.41, 5.74) is 1.36. The van der Waals surface area contributed by atoms with Crippen LogP contribution in [-0.2, 0) is 5.41 Å². The molecule has 5 rings (SSSR count). The highest BCUT2D eigenvalue weighted by molar-refractivity contribution is 7.80. The van der Waals surface area contributed by atoms with Crippen molar-refractivity contribution in [3.8, 4) is 11.6 Å². The molecule has 2 aromatic carbocycles. The van der Waals surface area contributed by atoms with Crippen molar-refractivity contribution in [1.29, 1.82) is 0 Å². The second kappa shape index (κ2) is 11.4. The summed E-state index contributed by atoms with van der Waals surface area (Å²) in [6.45, 7) is 2.71. The Hall–Kier alpha value is -2.90. The molecule has 1 aliphatic carbocycles. The Balaban J connectivity index is 1.31. The van der Waals surface area contributed by atoms with E-state index in [4.69, 9.17) is 33.5 Å². The van der Waals surface area contributed by atoms with Gasteiger partial charge in [0.05, 0.1) is 0 Å². The van der Waals surface area contributed by atoms with Gasteiger partial charge < -0.3 is 20.3 Å². The van der Waals surface area contributed by atoms with Crippen molar-refractivity contribution in [2.24, 2.45) is 0 Å². The molecule has 1 aliphatic heterocycles. The molecule has 36 heavy (non-hydrogen) atoms. The number of para-hydroxylation sites is 1. The highest BCUT2D eigenvalue weighted by Crippen LogP contribution is 2.41. The zero-order valence-electron chi connectivity index (χ0n) is 20.4. The van der Waals surface area contributed by atoms with E-state index >= 15 is 0 Å². The van der Waals surface area contributed by atoms with Gasteiger partial charge in [0, 0.05) is 36.1 Å². The first-order chi connectivity index (χ1) is 17.6. The van der Waals surface area contributed by atoms with Gasteiger partial charge in [-0.05, 0) is 74.2 Å². The van der Waals surface area contributed by atoms with Crippen molar-refractivity contribution in [3.05, 3.63) is 71.2 Å². The van der Waals surface area contributed by atoms with E-state index in [0.717, 1.165) is 61.9 Å². The Kier molecular flexibility index (Phi) is 7.87. The van der Waals surface area contributed by atoms with Crippen LogP contribution < -0.4 is 20.3 Å². The van der Waals surface area contributed by atoms with Gasteiger partial charge in [-0.15, -0.1) is 0 Å². The fourth-order valence-electron chi connectivity index (χ4n) is 5.23. The second-order valence-corrected chi connectivity index (χ2v) is 10.5. The number of rotatable bonds is 7. The van der Waals surface area contributed by atoms with E-state index in [2.05, 4.69) is 32.7 Å². The van der Waals surface area contributed by atoms with Crippen LogP contribution in [0.4, 0.5) is 11.8 Å². The molecular weight excluding hydrogens is 490 g/mol. The number of anilines is 2. The van der Waals surface area contributed by atoms with Crippen molar-refractivity contribution in [3.63, 3.8) is 0 Å². The average molecular weight is 522 g/mol. The predicted octanol–water partition coefficient (Wildman–Crippen LogP) is 6.71. The van der Waals surface area contributed by atoms with Gasteiger partial charge in [-0.1, -0.05) is 54.8 Å². The lowest BCUT2D eigenvalue weighted by Crippen LogP contribution is -2.41. The summed E-state index contributed by atoms with van der Waals surface area (Å²) >= 11 is 11.8. The zero-order chi connectivity index (χ0) is 24.8. The van der Waals surface area contributed by atoms with Gasteiger partial charge in [-0.2, -0.15) is 9.97 Å². The highest BCUT2D eigenvalue weighted by Gasteiger charge is 2.35. The van der Waals surface area contributed by atoms with E-state index in [1.165, 1.54) is 24.8 Å². The van der Waals surface area contributed by atoms with E-state index in [1.54, 1.807) is 0 Å². The van der Waals surface area contributed by atoms with Gasteiger partial charge in [-0.25, -0.2) is 0 Å². The van der Waals surface area contributed by atoms with Crippen LogP contribution in [0.5, 0.6) is 11.6 Å². The molecule has 0 amide bonds. The minimum atomic E-state index is 0.0500. The van der Waals surface area contributed by atoms with Crippen LogP contribution in [0.1, 0.15) is 50.5 Å². The van der Waals surface area contributed by atoms with E-state index in [9.17, 15) is 0 Å². The van der Waals surface area contributed by atoms with Crippen LogP contribution in [0.15, 0.2) is 60.7 Å². The average Bonchev–Trinajstić information content (AvgIpc) is 3.39. The lowest BCUT2D eigenvalue weighted by molar-refractivity contribution is 0.435. The third-order valence-electron chi connectivity index (χ3n) is 7.16. The fraction of sp³-hybridized carbons (Fsp3) is 0.393. The SMILES string of the molecule is S=C(NCC1(c2ccc(Cl)cc2)CCCC1)Nc1nc(Oc2ccccc2)cc(N2CCCCC2)n1. The quantitative estimate of drug-likeness (QED) is 0.335. The minimum Gasteiger partial charge on any atom is -0.439 e. The number of nitrogens with one attached hydrogen (secondary N) is 2. The smallest absolute Gasteiger partial charge is 0.234 e. The number of thiocarbonyl (C=S) groups is 1. The number of hydrogen-bond acceptors (Lipinski definition) is 5. The molecule has 1 saturated heterocycles. The lowest BCUT2D eigenvalue weighted by atomic mass is 9.79. The molecule has 8 heteroatoms. The number of hydrogen-bond donors (Lipinski definition) is 2. The number of aromatic nitrogens is 2. The van der Waals surface area contributed by atoms with E-state index < -0.39 is 0 Å². The first kappa shape index (κ1) is 24.8. The van der Waals surface area contributed by atoms with Crippen LogP contribution in [0.3, 0.4) is 0 Å². The third-order valence-corrected chi connectivity index (χ3v) is 7.66. The predicted molar refractivity (Wildman–Crippen MR) is 150 cm³/mol. The molecule has 1 saturated carbocycles.